The topological polar surface area (TPSA) is 103 Å². The fourth-order valence-corrected chi connectivity index (χ4v) is 15.6. The molecule has 282 valence electrons. The molecule has 0 aromatic heterocycles. The minimum Gasteiger partial charge on any atom is -0.377 e. The molecule has 7 nitrogen and oxygen atoms in total. The number of carbonyl (C=O) groups is 1. The molecule has 3 atom stereocenters. The largest absolute Gasteiger partial charge is 0.377 e. The van der Waals surface area contributed by atoms with E-state index in [-0.39, 0.29) is 23.9 Å². The van der Waals surface area contributed by atoms with Crippen LogP contribution in [0.15, 0.2) is 48.5 Å². The molecule has 18 rings (SSSR count). The zero-order valence-electron chi connectivity index (χ0n) is 32.8. The molecule has 15 aromatic rings. The number of aliphatic hydroxyl groups excluding tert-OH is 1. The van der Waals surface area contributed by atoms with E-state index in [1.165, 1.54) is 162 Å². The Morgan fingerprint density at radius 1 is 0.475 bits per heavy atom. The van der Waals surface area contributed by atoms with Crippen molar-refractivity contribution >= 4 is 157 Å². The van der Waals surface area contributed by atoms with Gasteiger partial charge in [-0.15, -0.1) is 0 Å². The maximum atomic E-state index is 15.4. The molecule has 7 heteroatoms. The summed E-state index contributed by atoms with van der Waals surface area (Å²) >= 11 is 0. The van der Waals surface area contributed by atoms with Crippen LogP contribution in [-0.2, 0) is 4.79 Å². The van der Waals surface area contributed by atoms with Crippen LogP contribution >= 0.6 is 0 Å². The van der Waals surface area contributed by atoms with Gasteiger partial charge >= 0.3 is 0 Å². The number of hydrogen-bond acceptors (Lipinski definition) is 6. The second-order valence-electron chi connectivity index (χ2n) is 19.4. The first-order valence-electron chi connectivity index (χ1n) is 21.5. The van der Waals surface area contributed by atoms with E-state index >= 15 is 4.79 Å². The van der Waals surface area contributed by atoms with Gasteiger partial charge in [0.1, 0.15) is 11.6 Å². The molecule has 1 heterocycles. The average molecular weight is 764 g/mol. The summed E-state index contributed by atoms with van der Waals surface area (Å²) in [5.74, 6) is -0.311. The second kappa shape index (κ2) is 8.78. The van der Waals surface area contributed by atoms with Crippen LogP contribution < -0.4 is 16.8 Å². The van der Waals surface area contributed by atoms with Gasteiger partial charge in [-0.3, -0.25) is 10.1 Å². The van der Waals surface area contributed by atoms with E-state index in [1.54, 1.807) is 0 Å². The lowest BCUT2D eigenvalue weighted by atomic mass is 9.88. The summed E-state index contributed by atoms with van der Waals surface area (Å²) in [5.41, 5.74) is 1.57. The van der Waals surface area contributed by atoms with Crippen LogP contribution in [-0.4, -0.2) is 80.4 Å². The number of nitrogens with zero attached hydrogens (tertiary/aromatic N) is 2. The van der Waals surface area contributed by atoms with Crippen molar-refractivity contribution in [1.29, 1.82) is 0 Å². The summed E-state index contributed by atoms with van der Waals surface area (Å²) in [4.78, 5) is 20.1. The summed E-state index contributed by atoms with van der Waals surface area (Å²) < 4.78 is 0. The molecule has 3 aliphatic rings. The fourth-order valence-electron chi connectivity index (χ4n) is 15.6. The Kier molecular flexibility index (Phi) is 4.52. The number of carbonyl (C=O) groups excluding carboxylic acids is 1. The van der Waals surface area contributed by atoms with Gasteiger partial charge in [0.25, 0.3) is 0 Å². The summed E-state index contributed by atoms with van der Waals surface area (Å²) in [5, 5.41) is 59.5. The lowest BCUT2D eigenvalue weighted by Crippen LogP contribution is -2.50. The van der Waals surface area contributed by atoms with Gasteiger partial charge in [0.2, 0.25) is 5.91 Å². The monoisotopic (exact) mass is 763 g/mol. The molecule has 59 heavy (non-hydrogen) atoms. The standard InChI is InChI=1S/C52H34N4O2.H3N/c1-55-14-3-15-56(2)17-13-54-51(58)52(50(57)53-12-16-55)48-34-24-10-8-22-20-6-4-18-19-5-7-21-23-9-11-25-33-31(23)38-29(21)27(19)36-26(18)28(20)37-30(22)32(24)39-41(34)42(35(25)49(48)52)40(33)47-45(38)43(36)44(37)46(39)47;/h4-11,48-50,53,57H,3,12-17H2,1-2H3,(H,54,58);1H3/t48?,49?,50-,52?;/m0./s1. The predicted octanol–water partition coefficient (Wildman–Crippen LogP) is 9.72. The minimum atomic E-state index is -1.05. The minimum absolute atomic E-state index is 0. The Morgan fingerprint density at radius 2 is 0.797 bits per heavy atom. The van der Waals surface area contributed by atoms with Crippen LogP contribution in [0.3, 0.4) is 0 Å². The van der Waals surface area contributed by atoms with Gasteiger partial charge in [0.15, 0.2) is 0 Å². The van der Waals surface area contributed by atoms with Gasteiger partial charge in [-0.2, -0.15) is 0 Å². The number of aliphatic hydroxyl groups is 1. The van der Waals surface area contributed by atoms with Crippen molar-refractivity contribution in [2.24, 2.45) is 5.41 Å². The molecule has 2 aliphatic carbocycles. The van der Waals surface area contributed by atoms with Crippen molar-refractivity contribution in [3.63, 3.8) is 0 Å². The summed E-state index contributed by atoms with van der Waals surface area (Å²) in [6, 6.07) is 19.4. The third kappa shape index (κ3) is 2.59. The molecule has 6 N–H and O–H groups in total. The molecule has 1 aliphatic heterocycles. The number of hydrogen-bond donors (Lipinski definition) is 4. The Labute approximate surface area is 335 Å². The van der Waals surface area contributed by atoms with E-state index in [2.05, 4.69) is 83.1 Å². The maximum absolute atomic E-state index is 15.4. The van der Waals surface area contributed by atoms with Crippen LogP contribution in [0.5, 0.6) is 0 Å². The Bertz CT molecular complexity index is 3990. The zero-order chi connectivity index (χ0) is 37.3. The average Bonchev–Trinajstić information content (AvgIpc) is 3.80. The van der Waals surface area contributed by atoms with Gasteiger partial charge in [0, 0.05) is 38.0 Å². The number of likely N-dealkylation sites (N-methyl/N-ethyl adjacent to an activating group) is 2. The van der Waals surface area contributed by atoms with E-state index in [9.17, 15) is 5.11 Å². The van der Waals surface area contributed by atoms with E-state index in [0.717, 1.165) is 32.6 Å². The number of fused-ring (bicyclic) bond motifs is 10. The summed E-state index contributed by atoms with van der Waals surface area (Å²) in [6.07, 6.45) is 0.0695. The van der Waals surface area contributed by atoms with E-state index < -0.39 is 11.6 Å². The van der Waals surface area contributed by atoms with Crippen LogP contribution in [0.1, 0.15) is 29.4 Å². The number of rotatable bonds is 0. The molecule has 1 spiro atoms. The van der Waals surface area contributed by atoms with E-state index in [4.69, 9.17) is 0 Å². The van der Waals surface area contributed by atoms with Gasteiger partial charge in [-0.05, 0) is 196 Å². The molecule has 15 aromatic carbocycles. The van der Waals surface area contributed by atoms with Gasteiger partial charge in [-0.25, -0.2) is 0 Å². The maximum Gasteiger partial charge on any atom is 0.231 e. The van der Waals surface area contributed by atoms with E-state index in [0.29, 0.717) is 13.1 Å². The molecule has 1 saturated heterocycles. The quantitative estimate of drug-likeness (QED) is 0.115. The molecule has 1 amide bonds. The molecule has 1 saturated carbocycles. The third-order valence-electron chi connectivity index (χ3n) is 17.5. The van der Waals surface area contributed by atoms with Crippen LogP contribution in [0.2, 0.25) is 0 Å². The van der Waals surface area contributed by atoms with Gasteiger partial charge in [-0.1, -0.05) is 48.5 Å². The molecule has 0 radical (unpaired) electrons. The predicted molar refractivity (Wildman–Crippen MR) is 245 cm³/mol. The lowest BCUT2D eigenvalue weighted by Gasteiger charge is -2.28. The highest BCUT2D eigenvalue weighted by atomic mass is 16.3. The Hall–Kier alpha value is -5.67. The van der Waals surface area contributed by atoms with Crippen LogP contribution in [0, 0.1) is 5.41 Å². The first kappa shape index (κ1) is 30.4. The number of amides is 1. The summed E-state index contributed by atoms with van der Waals surface area (Å²) in [6.45, 7) is 4.77. The van der Waals surface area contributed by atoms with Gasteiger partial charge in [0.05, 0.1) is 0 Å². The molecule has 2 fully saturated rings. The van der Waals surface area contributed by atoms with Crippen molar-refractivity contribution in [2.75, 3.05) is 53.4 Å². The first-order chi connectivity index (χ1) is 28.5. The normalized spacial score (nSPS) is 25.1. The van der Waals surface area contributed by atoms with Crippen molar-refractivity contribution in [3.8, 4) is 0 Å². The molecule has 0 bridgehead atoms. The lowest BCUT2D eigenvalue weighted by molar-refractivity contribution is -0.132. The van der Waals surface area contributed by atoms with Gasteiger partial charge < -0.3 is 26.4 Å². The number of nitrogens with one attached hydrogen (secondary N) is 2. The fraction of sp³-hybridized carbons (Fsp3) is 0.250. The molecular formula is C52H37N5O2. The first-order valence-corrected chi connectivity index (χ1v) is 21.5. The van der Waals surface area contributed by atoms with E-state index in [1.807, 2.05) is 0 Å². The Morgan fingerprint density at radius 3 is 1.20 bits per heavy atom. The highest BCUT2D eigenvalue weighted by molar-refractivity contribution is 6.69. The van der Waals surface area contributed by atoms with Crippen molar-refractivity contribution in [3.05, 3.63) is 59.7 Å². The second-order valence-corrected chi connectivity index (χ2v) is 19.4. The van der Waals surface area contributed by atoms with Crippen molar-refractivity contribution < 1.29 is 9.90 Å². The molecule has 2 unspecified atom stereocenters. The summed E-state index contributed by atoms with van der Waals surface area (Å²) in [7, 11) is 4.33. The zero-order valence-corrected chi connectivity index (χ0v) is 32.8. The SMILES string of the molecule is CN1CCCN(C)CCN[C@@H](O)C2(C(=O)NCC1)C1c3c4ccc5c6ccc7c8ccc9c%10ccc%11c(c%12c3c3c4c5c4c6c7c5c8c9c6c%10c%11c%12c7c3c4c5c67)C12.N. The highest BCUT2D eigenvalue weighted by Gasteiger charge is 2.76. The Balaban J connectivity index is 0.00000312. The highest BCUT2D eigenvalue weighted by Crippen LogP contribution is 2.80. The third-order valence-corrected chi connectivity index (χ3v) is 17.5. The van der Waals surface area contributed by atoms with Crippen molar-refractivity contribution in [1.82, 2.24) is 26.6 Å². The van der Waals surface area contributed by atoms with Crippen LogP contribution in [0.25, 0.3) is 151 Å². The number of benzene rings is 9. The smallest absolute Gasteiger partial charge is 0.231 e. The molecular weight excluding hydrogens is 727 g/mol. The van der Waals surface area contributed by atoms with Crippen LogP contribution in [0.4, 0.5) is 0 Å². The van der Waals surface area contributed by atoms with Crippen molar-refractivity contribution in [2.45, 2.75) is 24.5 Å².